The second-order valence-electron chi connectivity index (χ2n) is 7.30. The Kier molecular flexibility index (Phi) is 3.34. The molecule has 0 radical (unpaired) electrons. The summed E-state index contributed by atoms with van der Waals surface area (Å²) < 4.78 is 0. The van der Waals surface area contributed by atoms with Gasteiger partial charge in [0.15, 0.2) is 0 Å². The van der Waals surface area contributed by atoms with Gasteiger partial charge < -0.3 is 15.0 Å². The van der Waals surface area contributed by atoms with Crippen molar-refractivity contribution in [2.24, 2.45) is 0 Å². The van der Waals surface area contributed by atoms with Crippen LogP contribution in [0.3, 0.4) is 0 Å². The standard InChI is InChI=1S/C20H19ClN2O2/c21-12-2-6-19-17(8-12)16-7-11(1-5-18(16)22-19)20(25)23-13-3-4-14(23)10-15(24)9-13/h1-2,5-8,13-15,22,24H,3-4,9-10H2. The topological polar surface area (TPSA) is 56.3 Å². The van der Waals surface area contributed by atoms with Crippen molar-refractivity contribution in [1.29, 1.82) is 0 Å². The highest BCUT2D eigenvalue weighted by Gasteiger charge is 2.42. The molecule has 2 aliphatic rings. The summed E-state index contributed by atoms with van der Waals surface area (Å²) in [5.41, 5.74) is 2.73. The van der Waals surface area contributed by atoms with Gasteiger partial charge in [-0.2, -0.15) is 0 Å². The van der Waals surface area contributed by atoms with Crippen LogP contribution in [0, 0.1) is 0 Å². The van der Waals surface area contributed by atoms with E-state index in [1.54, 1.807) is 0 Å². The summed E-state index contributed by atoms with van der Waals surface area (Å²) in [6.45, 7) is 0. The molecule has 128 valence electrons. The Morgan fingerprint density at radius 3 is 2.40 bits per heavy atom. The summed E-state index contributed by atoms with van der Waals surface area (Å²) in [4.78, 5) is 18.5. The SMILES string of the molecule is O=C(c1ccc2[nH]c3ccc(Cl)cc3c2c1)N1C2CCC1CC(O)C2. The molecule has 5 heteroatoms. The molecule has 3 heterocycles. The highest BCUT2D eigenvalue weighted by molar-refractivity contribution is 6.31. The number of hydrogen-bond donors (Lipinski definition) is 2. The number of piperidine rings is 1. The normalized spacial score (nSPS) is 25.8. The highest BCUT2D eigenvalue weighted by atomic mass is 35.5. The second-order valence-corrected chi connectivity index (χ2v) is 7.73. The maximum absolute atomic E-state index is 13.1. The van der Waals surface area contributed by atoms with E-state index in [0.717, 1.165) is 34.6 Å². The molecule has 2 unspecified atom stereocenters. The number of fused-ring (bicyclic) bond motifs is 5. The van der Waals surface area contributed by atoms with Crippen molar-refractivity contribution < 1.29 is 9.90 Å². The Balaban J connectivity index is 1.57. The second kappa shape index (κ2) is 5.48. The third-order valence-electron chi connectivity index (χ3n) is 5.75. The maximum Gasteiger partial charge on any atom is 0.254 e. The maximum atomic E-state index is 13.1. The highest BCUT2D eigenvalue weighted by Crippen LogP contribution is 2.37. The van der Waals surface area contributed by atoms with Gasteiger partial charge >= 0.3 is 0 Å². The number of rotatable bonds is 1. The van der Waals surface area contributed by atoms with Crippen LogP contribution in [-0.4, -0.2) is 39.1 Å². The van der Waals surface area contributed by atoms with Crippen LogP contribution in [0.2, 0.25) is 5.02 Å². The van der Waals surface area contributed by atoms with Crippen molar-refractivity contribution in [3.63, 3.8) is 0 Å². The molecule has 2 saturated heterocycles. The van der Waals surface area contributed by atoms with Gasteiger partial charge in [-0.15, -0.1) is 0 Å². The number of aromatic nitrogens is 1. The Bertz CT molecular complexity index is 982. The number of hydrogen-bond acceptors (Lipinski definition) is 2. The molecule has 2 aliphatic heterocycles. The summed E-state index contributed by atoms with van der Waals surface area (Å²) in [6.07, 6.45) is 3.14. The number of H-pyrrole nitrogens is 1. The zero-order chi connectivity index (χ0) is 17.1. The molecule has 0 aliphatic carbocycles. The molecule has 1 aromatic heterocycles. The zero-order valence-electron chi connectivity index (χ0n) is 13.7. The van der Waals surface area contributed by atoms with E-state index in [9.17, 15) is 9.90 Å². The van der Waals surface area contributed by atoms with E-state index in [2.05, 4.69) is 4.98 Å². The van der Waals surface area contributed by atoms with Crippen molar-refractivity contribution in [1.82, 2.24) is 9.88 Å². The molecule has 1 amide bonds. The van der Waals surface area contributed by atoms with Gasteiger partial charge in [-0.1, -0.05) is 11.6 Å². The summed E-state index contributed by atoms with van der Waals surface area (Å²) in [5.74, 6) is 0.0812. The van der Waals surface area contributed by atoms with E-state index in [1.165, 1.54) is 0 Å². The van der Waals surface area contributed by atoms with E-state index in [4.69, 9.17) is 11.6 Å². The van der Waals surface area contributed by atoms with Crippen molar-refractivity contribution in [2.45, 2.75) is 43.9 Å². The van der Waals surface area contributed by atoms with Crippen LogP contribution in [0.5, 0.6) is 0 Å². The minimum absolute atomic E-state index is 0.0812. The Labute approximate surface area is 150 Å². The van der Waals surface area contributed by atoms with Gasteiger partial charge in [0.05, 0.1) is 6.10 Å². The first-order valence-electron chi connectivity index (χ1n) is 8.82. The monoisotopic (exact) mass is 354 g/mol. The van der Waals surface area contributed by atoms with Crippen molar-refractivity contribution in [3.8, 4) is 0 Å². The van der Waals surface area contributed by atoms with Crippen molar-refractivity contribution >= 4 is 39.3 Å². The smallest absolute Gasteiger partial charge is 0.254 e. The molecular formula is C20H19ClN2O2. The lowest BCUT2D eigenvalue weighted by molar-refractivity contribution is 0.0287. The molecule has 0 saturated carbocycles. The van der Waals surface area contributed by atoms with Crippen LogP contribution in [-0.2, 0) is 0 Å². The Morgan fingerprint density at radius 1 is 1.04 bits per heavy atom. The molecule has 2 aromatic carbocycles. The lowest BCUT2D eigenvalue weighted by Gasteiger charge is -2.37. The summed E-state index contributed by atoms with van der Waals surface area (Å²) >= 11 is 6.15. The van der Waals surface area contributed by atoms with Crippen LogP contribution in [0.4, 0.5) is 0 Å². The molecule has 5 rings (SSSR count). The Morgan fingerprint density at radius 2 is 1.68 bits per heavy atom. The first-order valence-corrected chi connectivity index (χ1v) is 9.19. The third kappa shape index (κ3) is 2.35. The van der Waals surface area contributed by atoms with Gasteiger partial charge in [0.2, 0.25) is 0 Å². The summed E-state index contributed by atoms with van der Waals surface area (Å²) in [6, 6.07) is 11.9. The van der Waals surface area contributed by atoms with E-state index in [-0.39, 0.29) is 24.1 Å². The number of carbonyl (C=O) groups excluding carboxylic acids is 1. The van der Waals surface area contributed by atoms with Crippen LogP contribution in [0.25, 0.3) is 21.8 Å². The van der Waals surface area contributed by atoms with Gasteiger partial charge in [0, 0.05) is 44.5 Å². The number of aromatic amines is 1. The van der Waals surface area contributed by atoms with E-state index in [1.807, 2.05) is 41.3 Å². The number of aliphatic hydroxyl groups is 1. The van der Waals surface area contributed by atoms with Crippen LogP contribution >= 0.6 is 11.6 Å². The number of nitrogens with zero attached hydrogens (tertiary/aromatic N) is 1. The first-order chi connectivity index (χ1) is 12.1. The largest absolute Gasteiger partial charge is 0.393 e. The molecule has 2 bridgehead atoms. The predicted molar refractivity (Wildman–Crippen MR) is 99.0 cm³/mol. The van der Waals surface area contributed by atoms with Crippen molar-refractivity contribution in [3.05, 3.63) is 47.0 Å². The van der Waals surface area contributed by atoms with Crippen molar-refractivity contribution in [2.75, 3.05) is 0 Å². The fraction of sp³-hybridized carbons (Fsp3) is 0.350. The minimum Gasteiger partial charge on any atom is -0.393 e. The van der Waals surface area contributed by atoms with Gasteiger partial charge in [-0.05, 0) is 62.1 Å². The number of halogens is 1. The predicted octanol–water partition coefficient (Wildman–Crippen LogP) is 4.10. The lowest BCUT2D eigenvalue weighted by Crippen LogP contribution is -2.47. The van der Waals surface area contributed by atoms with Gasteiger partial charge in [-0.3, -0.25) is 4.79 Å². The number of carbonyl (C=O) groups is 1. The molecule has 2 fully saturated rings. The minimum atomic E-state index is -0.264. The number of benzene rings is 2. The van der Waals surface area contributed by atoms with Crippen LogP contribution in [0.15, 0.2) is 36.4 Å². The van der Waals surface area contributed by atoms with E-state index >= 15 is 0 Å². The number of nitrogens with one attached hydrogen (secondary N) is 1. The fourth-order valence-electron chi connectivity index (χ4n) is 4.63. The van der Waals surface area contributed by atoms with Crippen LogP contribution in [0.1, 0.15) is 36.0 Å². The average molecular weight is 355 g/mol. The van der Waals surface area contributed by atoms with E-state index in [0.29, 0.717) is 23.4 Å². The molecule has 25 heavy (non-hydrogen) atoms. The number of amides is 1. The van der Waals surface area contributed by atoms with Crippen LogP contribution < -0.4 is 0 Å². The zero-order valence-corrected chi connectivity index (χ0v) is 14.5. The lowest BCUT2D eigenvalue weighted by atomic mass is 9.98. The summed E-state index contributed by atoms with van der Waals surface area (Å²) in [5, 5.41) is 12.7. The van der Waals surface area contributed by atoms with Gasteiger partial charge in [0.1, 0.15) is 0 Å². The Hall–Kier alpha value is -2.04. The van der Waals surface area contributed by atoms with Gasteiger partial charge in [-0.25, -0.2) is 0 Å². The summed E-state index contributed by atoms with van der Waals surface area (Å²) in [7, 11) is 0. The van der Waals surface area contributed by atoms with E-state index < -0.39 is 0 Å². The fourth-order valence-corrected chi connectivity index (χ4v) is 4.80. The van der Waals surface area contributed by atoms with Gasteiger partial charge in [0.25, 0.3) is 5.91 Å². The number of aliphatic hydroxyl groups excluding tert-OH is 1. The molecule has 4 nitrogen and oxygen atoms in total. The molecule has 3 aromatic rings. The third-order valence-corrected chi connectivity index (χ3v) is 5.99. The molecule has 2 atom stereocenters. The quantitative estimate of drug-likeness (QED) is 0.691. The average Bonchev–Trinajstić information content (AvgIpc) is 3.09. The molecule has 2 N–H and O–H groups in total. The first kappa shape index (κ1) is 15.2. The molecular weight excluding hydrogens is 336 g/mol. The molecule has 0 spiro atoms.